The number of non-ortho nitro benzene ring substituents is 1. The van der Waals surface area contributed by atoms with Crippen molar-refractivity contribution >= 4 is 17.7 Å². The van der Waals surface area contributed by atoms with E-state index in [2.05, 4.69) is 12.1 Å². The van der Waals surface area contributed by atoms with Gasteiger partial charge in [-0.1, -0.05) is 36.4 Å². The zero-order valence-electron chi connectivity index (χ0n) is 13.4. The summed E-state index contributed by atoms with van der Waals surface area (Å²) in [6.07, 6.45) is 4.99. The number of carbonyl (C=O) groups is 1. The highest BCUT2D eigenvalue weighted by atomic mass is 16.6. The molecule has 2 aromatic carbocycles. The van der Waals surface area contributed by atoms with E-state index in [4.69, 9.17) is 0 Å². The van der Waals surface area contributed by atoms with E-state index in [0.29, 0.717) is 5.56 Å². The van der Waals surface area contributed by atoms with E-state index in [0.717, 1.165) is 12.8 Å². The SMILES string of the molecule is CN(C(=O)C=Cc1cccc([N+](=O)[O-])c1)C1CCc2ccccc21. The van der Waals surface area contributed by atoms with Crippen LogP contribution in [0.5, 0.6) is 0 Å². The maximum absolute atomic E-state index is 12.4. The first kappa shape index (κ1) is 15.9. The van der Waals surface area contributed by atoms with Crippen molar-refractivity contribution in [3.8, 4) is 0 Å². The maximum Gasteiger partial charge on any atom is 0.270 e. The third-order valence-electron chi connectivity index (χ3n) is 4.42. The van der Waals surface area contributed by atoms with Gasteiger partial charge >= 0.3 is 0 Å². The summed E-state index contributed by atoms with van der Waals surface area (Å²) in [5, 5.41) is 10.8. The monoisotopic (exact) mass is 322 g/mol. The molecule has 0 aromatic heterocycles. The van der Waals surface area contributed by atoms with Crippen LogP contribution in [0.2, 0.25) is 0 Å². The lowest BCUT2D eigenvalue weighted by Crippen LogP contribution is -2.28. The number of hydrogen-bond acceptors (Lipinski definition) is 3. The first-order valence-electron chi connectivity index (χ1n) is 7.83. The van der Waals surface area contributed by atoms with Gasteiger partial charge in [0.1, 0.15) is 0 Å². The molecule has 0 heterocycles. The van der Waals surface area contributed by atoms with Crippen LogP contribution in [0.25, 0.3) is 6.08 Å². The average molecular weight is 322 g/mol. The average Bonchev–Trinajstić information content (AvgIpc) is 3.03. The summed E-state index contributed by atoms with van der Waals surface area (Å²) < 4.78 is 0. The van der Waals surface area contributed by atoms with Gasteiger partial charge in [-0.2, -0.15) is 0 Å². The highest BCUT2D eigenvalue weighted by Gasteiger charge is 2.27. The summed E-state index contributed by atoms with van der Waals surface area (Å²) in [6, 6.07) is 14.5. The number of hydrogen-bond donors (Lipinski definition) is 0. The Balaban J connectivity index is 1.73. The summed E-state index contributed by atoms with van der Waals surface area (Å²) in [5.74, 6) is -0.108. The van der Waals surface area contributed by atoms with Crippen LogP contribution < -0.4 is 0 Å². The largest absolute Gasteiger partial charge is 0.335 e. The molecule has 122 valence electrons. The van der Waals surface area contributed by atoms with Crippen LogP contribution in [0.3, 0.4) is 0 Å². The number of rotatable bonds is 4. The Bertz CT molecular complexity index is 814. The zero-order valence-corrected chi connectivity index (χ0v) is 13.4. The van der Waals surface area contributed by atoms with E-state index in [1.165, 1.54) is 29.3 Å². The predicted molar refractivity (Wildman–Crippen MR) is 92.4 cm³/mol. The van der Waals surface area contributed by atoms with Gasteiger partial charge < -0.3 is 4.90 Å². The van der Waals surface area contributed by atoms with Crippen LogP contribution in [-0.2, 0) is 11.2 Å². The normalized spacial score (nSPS) is 16.1. The van der Waals surface area contributed by atoms with Crippen LogP contribution in [0.1, 0.15) is 29.2 Å². The van der Waals surface area contributed by atoms with E-state index in [9.17, 15) is 14.9 Å². The number of benzene rings is 2. The van der Waals surface area contributed by atoms with Gasteiger partial charge in [0.2, 0.25) is 5.91 Å². The lowest BCUT2D eigenvalue weighted by Gasteiger charge is -2.24. The predicted octanol–water partition coefficient (Wildman–Crippen LogP) is 3.75. The fourth-order valence-electron chi connectivity index (χ4n) is 3.12. The summed E-state index contributed by atoms with van der Waals surface area (Å²) in [4.78, 5) is 24.5. The van der Waals surface area contributed by atoms with Gasteiger partial charge in [-0.3, -0.25) is 14.9 Å². The van der Waals surface area contributed by atoms with Crippen molar-refractivity contribution in [2.45, 2.75) is 18.9 Å². The number of nitro groups is 1. The Kier molecular flexibility index (Phi) is 4.42. The molecule has 2 aromatic rings. The van der Waals surface area contributed by atoms with Gasteiger partial charge in [0.15, 0.2) is 0 Å². The van der Waals surface area contributed by atoms with Crippen molar-refractivity contribution < 1.29 is 9.72 Å². The lowest BCUT2D eigenvalue weighted by atomic mass is 10.1. The highest BCUT2D eigenvalue weighted by Crippen LogP contribution is 2.34. The van der Waals surface area contributed by atoms with E-state index >= 15 is 0 Å². The van der Waals surface area contributed by atoms with Gasteiger partial charge in [-0.05, 0) is 35.6 Å². The lowest BCUT2D eigenvalue weighted by molar-refractivity contribution is -0.384. The molecule has 0 bridgehead atoms. The molecule has 0 N–H and O–H groups in total. The molecule has 5 nitrogen and oxygen atoms in total. The van der Waals surface area contributed by atoms with Crippen molar-refractivity contribution in [2.24, 2.45) is 0 Å². The van der Waals surface area contributed by atoms with Crippen LogP contribution >= 0.6 is 0 Å². The van der Waals surface area contributed by atoms with Gasteiger partial charge in [0.25, 0.3) is 5.69 Å². The van der Waals surface area contributed by atoms with Crippen LogP contribution in [-0.4, -0.2) is 22.8 Å². The molecule has 1 atom stereocenters. The Labute approximate surface area is 140 Å². The summed E-state index contributed by atoms with van der Waals surface area (Å²) in [6.45, 7) is 0. The summed E-state index contributed by atoms with van der Waals surface area (Å²) in [5.41, 5.74) is 3.15. The minimum Gasteiger partial charge on any atom is -0.335 e. The van der Waals surface area contributed by atoms with Gasteiger partial charge in [-0.15, -0.1) is 0 Å². The van der Waals surface area contributed by atoms with Gasteiger partial charge in [0.05, 0.1) is 11.0 Å². The molecule has 5 heteroatoms. The standard InChI is InChI=1S/C19H18N2O3/c1-20(18-11-10-15-6-2-3-8-17(15)18)19(22)12-9-14-5-4-7-16(13-14)21(23)24/h2-9,12-13,18H,10-11H2,1H3. The minimum atomic E-state index is -0.444. The molecule has 0 saturated heterocycles. The molecule has 1 amide bonds. The first-order chi connectivity index (χ1) is 11.6. The third-order valence-corrected chi connectivity index (χ3v) is 4.42. The number of fused-ring (bicyclic) bond motifs is 1. The van der Waals surface area contributed by atoms with E-state index in [-0.39, 0.29) is 17.6 Å². The number of carbonyl (C=O) groups excluding carboxylic acids is 1. The molecule has 1 aliphatic carbocycles. The first-order valence-corrected chi connectivity index (χ1v) is 7.83. The fourth-order valence-corrected chi connectivity index (χ4v) is 3.12. The molecular formula is C19H18N2O3. The summed E-state index contributed by atoms with van der Waals surface area (Å²) in [7, 11) is 1.80. The number of nitrogens with zero attached hydrogens (tertiary/aromatic N) is 2. The van der Waals surface area contributed by atoms with Crippen molar-refractivity contribution in [3.05, 3.63) is 81.4 Å². The van der Waals surface area contributed by atoms with Crippen LogP contribution in [0.4, 0.5) is 5.69 Å². The second kappa shape index (κ2) is 6.66. The van der Waals surface area contributed by atoms with E-state index in [1.54, 1.807) is 30.2 Å². The number of amides is 1. The van der Waals surface area contributed by atoms with Gasteiger partial charge in [-0.25, -0.2) is 0 Å². The molecule has 1 aliphatic rings. The highest BCUT2D eigenvalue weighted by molar-refractivity contribution is 5.92. The Morgan fingerprint density at radius 3 is 2.83 bits per heavy atom. The summed E-state index contributed by atoms with van der Waals surface area (Å²) >= 11 is 0. The second-order valence-electron chi connectivity index (χ2n) is 5.89. The molecule has 1 unspecified atom stereocenters. The van der Waals surface area contributed by atoms with Crippen LogP contribution in [0, 0.1) is 10.1 Å². The Morgan fingerprint density at radius 2 is 2.04 bits per heavy atom. The van der Waals surface area contributed by atoms with E-state index < -0.39 is 4.92 Å². The smallest absolute Gasteiger partial charge is 0.270 e. The molecule has 0 saturated carbocycles. The Morgan fingerprint density at radius 1 is 1.25 bits per heavy atom. The van der Waals surface area contributed by atoms with Crippen molar-refractivity contribution in [1.29, 1.82) is 0 Å². The van der Waals surface area contributed by atoms with E-state index in [1.807, 2.05) is 12.1 Å². The van der Waals surface area contributed by atoms with Crippen molar-refractivity contribution in [3.63, 3.8) is 0 Å². The molecule has 0 aliphatic heterocycles. The van der Waals surface area contributed by atoms with Gasteiger partial charge in [0, 0.05) is 25.3 Å². The van der Waals surface area contributed by atoms with Crippen molar-refractivity contribution in [2.75, 3.05) is 7.05 Å². The molecule has 24 heavy (non-hydrogen) atoms. The molecule has 0 spiro atoms. The molecule has 0 fully saturated rings. The van der Waals surface area contributed by atoms with Crippen LogP contribution in [0.15, 0.2) is 54.6 Å². The third kappa shape index (κ3) is 3.20. The molecule has 3 rings (SSSR count). The number of nitro benzene ring substituents is 1. The number of likely N-dealkylation sites (N-methyl/N-ethyl adjacent to an activating group) is 1. The quantitative estimate of drug-likeness (QED) is 0.489. The fraction of sp³-hybridized carbons (Fsp3) is 0.211. The van der Waals surface area contributed by atoms with Crippen molar-refractivity contribution in [1.82, 2.24) is 4.90 Å². The second-order valence-corrected chi connectivity index (χ2v) is 5.89. The zero-order chi connectivity index (χ0) is 17.1. The minimum absolute atomic E-state index is 0.0164. The molecular weight excluding hydrogens is 304 g/mol. The Hall–Kier alpha value is -2.95. The maximum atomic E-state index is 12.4. The topological polar surface area (TPSA) is 63.5 Å². The molecule has 0 radical (unpaired) electrons. The number of aryl methyl sites for hydroxylation is 1.